The summed E-state index contributed by atoms with van der Waals surface area (Å²) in [6, 6.07) is 14.0. The summed E-state index contributed by atoms with van der Waals surface area (Å²) in [4.78, 5) is 16.6. The molecule has 0 radical (unpaired) electrons. The van der Waals surface area contributed by atoms with Crippen LogP contribution in [-0.4, -0.2) is 56.4 Å². The molecule has 1 saturated heterocycles. The summed E-state index contributed by atoms with van der Waals surface area (Å²) in [6.07, 6.45) is 0.854. The number of rotatable bonds is 2. The van der Waals surface area contributed by atoms with Crippen molar-refractivity contribution in [2.45, 2.75) is 11.3 Å². The summed E-state index contributed by atoms with van der Waals surface area (Å²) in [5.74, 6) is 0. The quantitative estimate of drug-likeness (QED) is 0.771. The maximum atomic E-state index is 12.9. The lowest BCUT2D eigenvalue weighted by molar-refractivity contribution is 0.178. The van der Waals surface area contributed by atoms with E-state index in [2.05, 4.69) is 0 Å². The molecule has 0 aromatic heterocycles. The third-order valence-electron chi connectivity index (χ3n) is 5.08. The van der Waals surface area contributed by atoms with E-state index in [0.29, 0.717) is 24.7 Å². The molecule has 0 saturated carbocycles. The van der Waals surface area contributed by atoms with Crippen LogP contribution in [0.5, 0.6) is 0 Å². The predicted molar refractivity (Wildman–Crippen MR) is 105 cm³/mol. The molecular weight excluding hydrogens is 386 g/mol. The molecule has 0 bridgehead atoms. The van der Waals surface area contributed by atoms with Crippen molar-refractivity contribution in [2.24, 2.45) is 0 Å². The number of hydrogen-bond acceptors (Lipinski definition) is 3. The van der Waals surface area contributed by atoms with Gasteiger partial charge in [0.25, 0.3) is 0 Å². The number of halogens is 1. The van der Waals surface area contributed by atoms with Gasteiger partial charge in [0, 0.05) is 43.4 Å². The first-order chi connectivity index (χ1) is 13.0. The number of para-hydroxylation sites is 1. The molecule has 2 aliphatic heterocycles. The van der Waals surface area contributed by atoms with Gasteiger partial charge in [0.2, 0.25) is 10.0 Å². The fourth-order valence-electron chi connectivity index (χ4n) is 3.58. The number of fused-ring (bicyclic) bond motifs is 1. The molecule has 0 atom stereocenters. The van der Waals surface area contributed by atoms with E-state index >= 15 is 0 Å². The molecular formula is C19H20ClN3O3S. The number of sulfonamides is 1. The number of anilines is 1. The van der Waals surface area contributed by atoms with Gasteiger partial charge >= 0.3 is 6.03 Å². The smallest absolute Gasteiger partial charge is 0.322 e. The van der Waals surface area contributed by atoms with Gasteiger partial charge in [-0.2, -0.15) is 4.31 Å². The Morgan fingerprint density at radius 3 is 2.26 bits per heavy atom. The van der Waals surface area contributed by atoms with Crippen molar-refractivity contribution >= 4 is 33.3 Å². The van der Waals surface area contributed by atoms with Crippen LogP contribution in [0.2, 0.25) is 5.02 Å². The van der Waals surface area contributed by atoms with E-state index in [1.54, 1.807) is 21.9 Å². The molecule has 0 unspecified atom stereocenters. The molecule has 6 nitrogen and oxygen atoms in total. The zero-order chi connectivity index (χ0) is 19.0. The monoisotopic (exact) mass is 405 g/mol. The van der Waals surface area contributed by atoms with Crippen molar-refractivity contribution in [3.8, 4) is 0 Å². The lowest BCUT2D eigenvalue weighted by atomic mass is 10.2. The Kier molecular flexibility index (Phi) is 4.84. The Labute approximate surface area is 164 Å². The number of carbonyl (C=O) groups is 1. The van der Waals surface area contributed by atoms with E-state index in [9.17, 15) is 13.2 Å². The molecule has 2 aromatic rings. The van der Waals surface area contributed by atoms with Crippen molar-refractivity contribution in [1.29, 1.82) is 0 Å². The van der Waals surface area contributed by atoms with E-state index in [-0.39, 0.29) is 24.0 Å². The second-order valence-electron chi connectivity index (χ2n) is 6.66. The third-order valence-corrected chi connectivity index (χ3v) is 7.24. The van der Waals surface area contributed by atoms with Crippen LogP contribution < -0.4 is 4.90 Å². The van der Waals surface area contributed by atoms with Gasteiger partial charge in [-0.3, -0.25) is 4.90 Å². The summed E-state index contributed by atoms with van der Waals surface area (Å²) in [7, 11) is -3.57. The highest BCUT2D eigenvalue weighted by Crippen LogP contribution is 2.29. The minimum Gasteiger partial charge on any atom is -0.322 e. The van der Waals surface area contributed by atoms with Crippen molar-refractivity contribution < 1.29 is 13.2 Å². The number of urea groups is 1. The van der Waals surface area contributed by atoms with Gasteiger partial charge in [-0.15, -0.1) is 0 Å². The number of benzene rings is 2. The Balaban J connectivity index is 1.43. The summed E-state index contributed by atoms with van der Waals surface area (Å²) in [5.41, 5.74) is 2.13. The van der Waals surface area contributed by atoms with Gasteiger partial charge in [0.15, 0.2) is 0 Å². The highest BCUT2D eigenvalue weighted by Gasteiger charge is 2.33. The first kappa shape index (κ1) is 18.3. The number of hydrogen-bond donors (Lipinski definition) is 0. The molecule has 2 heterocycles. The summed E-state index contributed by atoms with van der Waals surface area (Å²) in [6.45, 7) is 1.99. The zero-order valence-electron chi connectivity index (χ0n) is 14.7. The average molecular weight is 406 g/mol. The maximum Gasteiger partial charge on any atom is 0.324 e. The SMILES string of the molecule is O=C(N1CCN(S(=O)(=O)c2ccc(Cl)cc2)CC1)N1CCc2ccccc21. The van der Waals surface area contributed by atoms with E-state index in [1.165, 1.54) is 22.0 Å². The van der Waals surface area contributed by atoms with Crippen molar-refractivity contribution in [1.82, 2.24) is 9.21 Å². The number of nitrogens with zero attached hydrogens (tertiary/aromatic N) is 3. The van der Waals surface area contributed by atoms with Gasteiger partial charge in [0.05, 0.1) is 4.90 Å². The third kappa shape index (κ3) is 3.42. The lowest BCUT2D eigenvalue weighted by Gasteiger charge is -2.36. The Morgan fingerprint density at radius 2 is 1.56 bits per heavy atom. The molecule has 2 aromatic carbocycles. The van der Waals surface area contributed by atoms with Crippen molar-refractivity contribution in [3.05, 3.63) is 59.1 Å². The Morgan fingerprint density at radius 1 is 0.889 bits per heavy atom. The van der Waals surface area contributed by atoms with Crippen LogP contribution >= 0.6 is 11.6 Å². The standard InChI is InChI=1S/C19H20ClN3O3S/c20-16-5-7-17(8-6-16)27(25,26)22-13-11-21(12-14-22)19(24)23-10-9-15-3-1-2-4-18(15)23/h1-8H,9-14H2. The second kappa shape index (κ2) is 7.14. The molecule has 0 aliphatic carbocycles. The summed E-state index contributed by atoms with van der Waals surface area (Å²) < 4.78 is 27.0. The molecule has 0 spiro atoms. The van der Waals surface area contributed by atoms with Crippen LogP contribution in [0, 0.1) is 0 Å². The van der Waals surface area contributed by atoms with Gasteiger partial charge in [-0.05, 0) is 42.3 Å². The Hall–Kier alpha value is -2.09. The van der Waals surface area contributed by atoms with E-state index < -0.39 is 10.0 Å². The first-order valence-corrected chi connectivity index (χ1v) is 10.7. The summed E-state index contributed by atoms with van der Waals surface area (Å²) in [5, 5.41) is 0.496. The van der Waals surface area contributed by atoms with Crippen LogP contribution in [0.4, 0.5) is 10.5 Å². The Bertz CT molecular complexity index is 954. The molecule has 2 aliphatic rings. The normalized spacial score (nSPS) is 17.8. The van der Waals surface area contributed by atoms with Gasteiger partial charge in [0.1, 0.15) is 0 Å². The zero-order valence-corrected chi connectivity index (χ0v) is 16.3. The highest BCUT2D eigenvalue weighted by molar-refractivity contribution is 7.89. The number of amides is 2. The van der Waals surface area contributed by atoms with Crippen LogP contribution in [0.15, 0.2) is 53.4 Å². The molecule has 2 amide bonds. The van der Waals surface area contributed by atoms with Crippen molar-refractivity contribution in [3.63, 3.8) is 0 Å². The van der Waals surface area contributed by atoms with Crippen LogP contribution in [0.3, 0.4) is 0 Å². The predicted octanol–water partition coefficient (Wildman–Crippen LogP) is 2.83. The van der Waals surface area contributed by atoms with E-state index in [1.807, 2.05) is 24.3 Å². The minimum absolute atomic E-state index is 0.0523. The molecule has 142 valence electrons. The molecule has 4 rings (SSSR count). The van der Waals surface area contributed by atoms with Crippen LogP contribution in [0.1, 0.15) is 5.56 Å². The highest BCUT2D eigenvalue weighted by atomic mass is 35.5. The number of carbonyl (C=O) groups excluding carboxylic acids is 1. The molecule has 27 heavy (non-hydrogen) atoms. The average Bonchev–Trinajstić information content (AvgIpc) is 3.12. The fourth-order valence-corrected chi connectivity index (χ4v) is 5.13. The maximum absolute atomic E-state index is 12.9. The molecule has 8 heteroatoms. The molecule has 0 N–H and O–H groups in total. The minimum atomic E-state index is -3.57. The van der Waals surface area contributed by atoms with Gasteiger partial charge in [-0.1, -0.05) is 29.8 Å². The van der Waals surface area contributed by atoms with Gasteiger partial charge < -0.3 is 4.90 Å². The second-order valence-corrected chi connectivity index (χ2v) is 9.03. The first-order valence-electron chi connectivity index (χ1n) is 8.87. The van der Waals surface area contributed by atoms with Crippen molar-refractivity contribution in [2.75, 3.05) is 37.6 Å². The number of piperazine rings is 1. The van der Waals surface area contributed by atoms with Gasteiger partial charge in [-0.25, -0.2) is 13.2 Å². The van der Waals surface area contributed by atoms with E-state index in [0.717, 1.165) is 12.1 Å². The topological polar surface area (TPSA) is 60.9 Å². The van der Waals surface area contributed by atoms with E-state index in [4.69, 9.17) is 11.6 Å². The fraction of sp³-hybridized carbons (Fsp3) is 0.316. The largest absolute Gasteiger partial charge is 0.324 e. The summed E-state index contributed by atoms with van der Waals surface area (Å²) >= 11 is 5.84. The van der Waals surface area contributed by atoms with Crippen LogP contribution in [0.25, 0.3) is 0 Å². The lowest BCUT2D eigenvalue weighted by Crippen LogP contribution is -2.53. The van der Waals surface area contributed by atoms with Crippen LogP contribution in [-0.2, 0) is 16.4 Å². The molecule has 1 fully saturated rings.